The summed E-state index contributed by atoms with van der Waals surface area (Å²) in [6.07, 6.45) is 2.61. The summed E-state index contributed by atoms with van der Waals surface area (Å²) in [5, 5.41) is 0. The molecule has 0 atom stereocenters. The number of benzene rings is 1. The summed E-state index contributed by atoms with van der Waals surface area (Å²) in [5.41, 5.74) is 0.0152. The van der Waals surface area contributed by atoms with Crippen molar-refractivity contribution in [3.05, 3.63) is 59.0 Å². The first-order valence-electron chi connectivity index (χ1n) is 5.82. The zero-order valence-electron chi connectivity index (χ0n) is 10.4. The Balaban J connectivity index is 2.55. The molecule has 0 aliphatic heterocycles. The quantitative estimate of drug-likeness (QED) is 0.923. The Morgan fingerprint density at radius 2 is 1.84 bits per heavy atom. The van der Waals surface area contributed by atoms with Crippen LogP contribution in [0.2, 0.25) is 0 Å². The molecule has 0 bridgehead atoms. The van der Waals surface area contributed by atoms with Gasteiger partial charge in [0, 0.05) is 25.0 Å². The number of rotatable bonds is 4. The zero-order chi connectivity index (χ0) is 13.9. The third-order valence-corrected chi connectivity index (χ3v) is 4.61. The first-order chi connectivity index (χ1) is 9.07. The smallest absolute Gasteiger partial charge is 0.269 e. The number of aromatic amines is 1. The van der Waals surface area contributed by atoms with Crippen molar-refractivity contribution in [1.82, 2.24) is 4.98 Å². The second-order valence-corrected chi connectivity index (χ2v) is 5.71. The molecule has 1 N–H and O–H groups in total. The fraction of sp³-hybridized carbons (Fsp3) is 0.154. The molecule has 0 spiro atoms. The minimum absolute atomic E-state index is 0.249. The van der Waals surface area contributed by atoms with Crippen molar-refractivity contribution in [1.29, 1.82) is 0 Å². The van der Waals surface area contributed by atoms with E-state index in [9.17, 15) is 13.2 Å². The van der Waals surface area contributed by atoms with E-state index in [2.05, 4.69) is 4.98 Å². The fourth-order valence-electron chi connectivity index (χ4n) is 1.81. The van der Waals surface area contributed by atoms with Crippen LogP contribution in [0.25, 0.3) is 0 Å². The lowest BCUT2D eigenvalue weighted by Crippen LogP contribution is -2.33. The number of pyridine rings is 1. The molecule has 0 saturated carbocycles. The summed E-state index contributed by atoms with van der Waals surface area (Å²) in [5.74, 6) is 0. The number of anilines is 1. The summed E-state index contributed by atoms with van der Waals surface area (Å²) in [4.78, 5) is 14.1. The molecule has 0 fully saturated rings. The van der Waals surface area contributed by atoms with E-state index in [4.69, 9.17) is 0 Å². The Morgan fingerprint density at radius 1 is 1.16 bits per heavy atom. The lowest BCUT2D eigenvalue weighted by atomic mass is 10.3. The molecule has 100 valence electrons. The predicted molar refractivity (Wildman–Crippen MR) is 73.7 cm³/mol. The van der Waals surface area contributed by atoms with Gasteiger partial charge in [0.05, 0.1) is 5.69 Å². The van der Waals surface area contributed by atoms with Gasteiger partial charge in [0.2, 0.25) is 5.43 Å². The number of para-hydroxylation sites is 1. The lowest BCUT2D eigenvalue weighted by molar-refractivity contribution is 0.590. The van der Waals surface area contributed by atoms with Gasteiger partial charge in [-0.25, -0.2) is 8.42 Å². The minimum atomic E-state index is -3.85. The van der Waals surface area contributed by atoms with Gasteiger partial charge < -0.3 is 4.98 Å². The van der Waals surface area contributed by atoms with E-state index in [1.807, 2.05) is 0 Å². The molecule has 0 aliphatic rings. The molecule has 0 aliphatic carbocycles. The molecular formula is C13H14N2O3S. The minimum Gasteiger partial charge on any atom is -0.366 e. The monoisotopic (exact) mass is 278 g/mol. The highest BCUT2D eigenvalue weighted by atomic mass is 32.2. The molecule has 19 heavy (non-hydrogen) atoms. The van der Waals surface area contributed by atoms with Crippen LogP contribution in [0.3, 0.4) is 0 Å². The van der Waals surface area contributed by atoms with E-state index >= 15 is 0 Å². The molecule has 2 aromatic rings. The van der Waals surface area contributed by atoms with Gasteiger partial charge in [0.1, 0.15) is 0 Å². The average molecular weight is 278 g/mol. The van der Waals surface area contributed by atoms with Crippen molar-refractivity contribution in [3.63, 3.8) is 0 Å². The van der Waals surface area contributed by atoms with Gasteiger partial charge in [0.25, 0.3) is 10.0 Å². The van der Waals surface area contributed by atoms with Crippen LogP contribution in [-0.2, 0) is 10.0 Å². The Hall–Kier alpha value is -2.08. The molecule has 5 nitrogen and oxygen atoms in total. The fourth-order valence-corrected chi connectivity index (χ4v) is 3.32. The van der Waals surface area contributed by atoms with Crippen molar-refractivity contribution < 1.29 is 8.42 Å². The van der Waals surface area contributed by atoms with Crippen LogP contribution in [0.15, 0.2) is 58.5 Å². The number of hydrogen-bond donors (Lipinski definition) is 1. The van der Waals surface area contributed by atoms with Crippen LogP contribution < -0.4 is 9.73 Å². The summed E-state index contributed by atoms with van der Waals surface area (Å²) < 4.78 is 26.2. The summed E-state index contributed by atoms with van der Waals surface area (Å²) in [6.45, 7) is 1.97. The van der Waals surface area contributed by atoms with E-state index < -0.39 is 15.5 Å². The van der Waals surface area contributed by atoms with Gasteiger partial charge in [-0.1, -0.05) is 18.2 Å². The Morgan fingerprint density at radius 3 is 2.42 bits per heavy atom. The van der Waals surface area contributed by atoms with Gasteiger partial charge in [-0.3, -0.25) is 9.10 Å². The topological polar surface area (TPSA) is 70.2 Å². The first-order valence-corrected chi connectivity index (χ1v) is 7.26. The second-order valence-electron chi connectivity index (χ2n) is 3.88. The van der Waals surface area contributed by atoms with Crippen molar-refractivity contribution in [2.45, 2.75) is 11.8 Å². The molecule has 6 heteroatoms. The normalized spacial score (nSPS) is 11.2. The summed E-state index contributed by atoms with van der Waals surface area (Å²) >= 11 is 0. The van der Waals surface area contributed by atoms with Crippen LogP contribution in [0, 0.1) is 0 Å². The van der Waals surface area contributed by atoms with Gasteiger partial charge in [-0.15, -0.1) is 0 Å². The molecular weight excluding hydrogens is 264 g/mol. The number of hydrogen-bond acceptors (Lipinski definition) is 3. The number of H-pyrrole nitrogens is 1. The average Bonchev–Trinajstić information content (AvgIpc) is 2.40. The number of nitrogens with zero attached hydrogens (tertiary/aromatic N) is 1. The Labute approximate surface area is 111 Å². The molecule has 0 amide bonds. The van der Waals surface area contributed by atoms with Crippen LogP contribution in [-0.4, -0.2) is 19.9 Å². The van der Waals surface area contributed by atoms with Crippen molar-refractivity contribution in [2.24, 2.45) is 0 Å². The zero-order valence-corrected chi connectivity index (χ0v) is 11.2. The van der Waals surface area contributed by atoms with Gasteiger partial charge in [0.15, 0.2) is 4.90 Å². The highest BCUT2D eigenvalue weighted by molar-refractivity contribution is 7.92. The summed E-state index contributed by atoms with van der Waals surface area (Å²) in [6, 6.07) is 9.90. The maximum Gasteiger partial charge on any atom is 0.269 e. The molecule has 0 unspecified atom stereocenters. The van der Waals surface area contributed by atoms with Crippen LogP contribution in [0.5, 0.6) is 0 Å². The van der Waals surface area contributed by atoms with E-state index in [0.717, 1.165) is 0 Å². The van der Waals surface area contributed by atoms with Crippen LogP contribution in [0.1, 0.15) is 6.92 Å². The Kier molecular flexibility index (Phi) is 3.71. The van der Waals surface area contributed by atoms with Gasteiger partial charge in [-0.05, 0) is 19.1 Å². The third kappa shape index (κ3) is 2.53. The summed E-state index contributed by atoms with van der Waals surface area (Å²) in [7, 11) is -3.85. The molecule has 2 rings (SSSR count). The van der Waals surface area contributed by atoms with Crippen molar-refractivity contribution in [2.75, 3.05) is 10.8 Å². The molecule has 0 saturated heterocycles. The van der Waals surface area contributed by atoms with E-state index in [1.165, 1.54) is 22.8 Å². The largest absolute Gasteiger partial charge is 0.366 e. The number of sulfonamides is 1. The second kappa shape index (κ2) is 5.27. The van der Waals surface area contributed by atoms with Crippen LogP contribution >= 0.6 is 0 Å². The maximum absolute atomic E-state index is 12.5. The standard InChI is InChI=1S/C13H14N2O3S/c1-2-15(11-6-4-3-5-7-11)19(17,18)13-10-14-9-8-12(13)16/h3-10H,2H2,1H3,(H,14,16). The van der Waals surface area contributed by atoms with Crippen LogP contribution in [0.4, 0.5) is 5.69 Å². The van der Waals surface area contributed by atoms with E-state index in [-0.39, 0.29) is 11.4 Å². The molecule has 1 aromatic heterocycles. The molecule has 1 heterocycles. The maximum atomic E-state index is 12.5. The predicted octanol–water partition coefficient (Wildman–Crippen LogP) is 1.59. The highest BCUT2D eigenvalue weighted by Crippen LogP contribution is 2.20. The van der Waals surface area contributed by atoms with Crippen molar-refractivity contribution in [3.8, 4) is 0 Å². The lowest BCUT2D eigenvalue weighted by Gasteiger charge is -2.22. The SMILES string of the molecule is CCN(c1ccccc1)S(=O)(=O)c1c[nH]ccc1=O. The van der Waals surface area contributed by atoms with Gasteiger partial charge in [-0.2, -0.15) is 0 Å². The highest BCUT2D eigenvalue weighted by Gasteiger charge is 2.25. The molecule has 1 aromatic carbocycles. The van der Waals surface area contributed by atoms with E-state index in [1.54, 1.807) is 37.3 Å². The number of nitrogens with one attached hydrogen (secondary N) is 1. The third-order valence-electron chi connectivity index (χ3n) is 2.69. The Bertz CT molecular complexity index is 708. The van der Waals surface area contributed by atoms with Gasteiger partial charge >= 0.3 is 0 Å². The van der Waals surface area contributed by atoms with E-state index in [0.29, 0.717) is 5.69 Å². The molecule has 0 radical (unpaired) electrons. The number of aromatic nitrogens is 1. The van der Waals surface area contributed by atoms with Crippen molar-refractivity contribution >= 4 is 15.7 Å². The first kappa shape index (κ1) is 13.4.